The molecule has 0 aromatic carbocycles. The molecule has 1 aliphatic heterocycles. The van der Waals surface area contributed by atoms with Gasteiger partial charge in [0.1, 0.15) is 0 Å². The second-order valence-corrected chi connectivity index (χ2v) is 5.39. The molecule has 4 nitrogen and oxygen atoms in total. The summed E-state index contributed by atoms with van der Waals surface area (Å²) in [5.41, 5.74) is 0. The fourth-order valence-corrected chi connectivity index (χ4v) is 3.08. The molecule has 0 bridgehead atoms. The standard InChI is InChI=1S/C12H22N2O2/c1-13(2)8-9-4-3-7-14(9)11-6-5-10(11)12(15)16/h9-11H,3-8H2,1-2H3,(H,15,16). The summed E-state index contributed by atoms with van der Waals surface area (Å²) in [7, 11) is 4.18. The number of nitrogens with zero attached hydrogens (tertiary/aromatic N) is 2. The molecule has 1 heterocycles. The molecule has 2 rings (SSSR count). The van der Waals surface area contributed by atoms with Gasteiger partial charge in [0.25, 0.3) is 0 Å². The SMILES string of the molecule is CN(C)CC1CCCN1C1CCC1C(=O)O. The highest BCUT2D eigenvalue weighted by atomic mass is 16.4. The molecule has 92 valence electrons. The number of carboxylic acids is 1. The first-order valence-electron chi connectivity index (χ1n) is 6.23. The fraction of sp³-hybridized carbons (Fsp3) is 0.917. The van der Waals surface area contributed by atoms with Crippen molar-refractivity contribution in [2.24, 2.45) is 5.92 Å². The Morgan fingerprint density at radius 2 is 2.12 bits per heavy atom. The summed E-state index contributed by atoms with van der Waals surface area (Å²) in [5.74, 6) is -0.713. The van der Waals surface area contributed by atoms with Crippen molar-refractivity contribution in [2.45, 2.75) is 37.8 Å². The van der Waals surface area contributed by atoms with Crippen LogP contribution in [0.25, 0.3) is 0 Å². The topological polar surface area (TPSA) is 43.8 Å². The van der Waals surface area contributed by atoms with E-state index in [1.807, 2.05) is 0 Å². The number of likely N-dealkylation sites (N-methyl/N-ethyl adjacent to an activating group) is 1. The van der Waals surface area contributed by atoms with Crippen LogP contribution in [0.4, 0.5) is 0 Å². The second kappa shape index (κ2) is 4.72. The van der Waals surface area contributed by atoms with Crippen molar-refractivity contribution in [3.8, 4) is 0 Å². The maximum absolute atomic E-state index is 11.0. The number of aliphatic carboxylic acids is 1. The number of carbonyl (C=O) groups is 1. The Labute approximate surface area is 97.2 Å². The first-order chi connectivity index (χ1) is 7.59. The van der Waals surface area contributed by atoms with Crippen molar-refractivity contribution in [1.29, 1.82) is 0 Å². The average molecular weight is 226 g/mol. The molecule has 0 spiro atoms. The van der Waals surface area contributed by atoms with E-state index >= 15 is 0 Å². The maximum Gasteiger partial charge on any atom is 0.308 e. The first kappa shape index (κ1) is 11.9. The molecule has 1 saturated carbocycles. The first-order valence-corrected chi connectivity index (χ1v) is 6.23. The van der Waals surface area contributed by atoms with Crippen LogP contribution in [0.15, 0.2) is 0 Å². The average Bonchev–Trinajstić information content (AvgIpc) is 2.49. The number of hydrogen-bond acceptors (Lipinski definition) is 3. The maximum atomic E-state index is 11.0. The van der Waals surface area contributed by atoms with Gasteiger partial charge in [0.05, 0.1) is 5.92 Å². The molecule has 1 N–H and O–H groups in total. The van der Waals surface area contributed by atoms with Crippen LogP contribution in [-0.2, 0) is 4.79 Å². The van der Waals surface area contributed by atoms with E-state index < -0.39 is 5.97 Å². The van der Waals surface area contributed by atoms with Crippen LogP contribution < -0.4 is 0 Å². The van der Waals surface area contributed by atoms with Gasteiger partial charge in [-0.05, 0) is 46.3 Å². The lowest BCUT2D eigenvalue weighted by Crippen LogP contribution is -2.53. The van der Waals surface area contributed by atoms with E-state index in [0.717, 1.165) is 25.9 Å². The van der Waals surface area contributed by atoms with E-state index in [-0.39, 0.29) is 5.92 Å². The van der Waals surface area contributed by atoms with Crippen molar-refractivity contribution >= 4 is 5.97 Å². The number of rotatable bonds is 4. The van der Waals surface area contributed by atoms with Crippen LogP contribution in [0.3, 0.4) is 0 Å². The van der Waals surface area contributed by atoms with Gasteiger partial charge in [0.2, 0.25) is 0 Å². The third-order valence-corrected chi connectivity index (χ3v) is 3.98. The van der Waals surface area contributed by atoms with E-state index in [1.54, 1.807) is 0 Å². The van der Waals surface area contributed by atoms with Gasteiger partial charge in [-0.15, -0.1) is 0 Å². The largest absolute Gasteiger partial charge is 0.481 e. The van der Waals surface area contributed by atoms with Crippen LogP contribution in [-0.4, -0.2) is 60.1 Å². The summed E-state index contributed by atoms with van der Waals surface area (Å²) in [4.78, 5) is 15.7. The summed E-state index contributed by atoms with van der Waals surface area (Å²) in [6.07, 6.45) is 4.38. The predicted octanol–water partition coefficient (Wildman–Crippen LogP) is 0.876. The second-order valence-electron chi connectivity index (χ2n) is 5.39. The van der Waals surface area contributed by atoms with Gasteiger partial charge in [-0.25, -0.2) is 0 Å². The molecule has 2 fully saturated rings. The highest BCUT2D eigenvalue weighted by molar-refractivity contribution is 5.72. The van der Waals surface area contributed by atoms with Gasteiger partial charge in [-0.2, -0.15) is 0 Å². The molecule has 1 saturated heterocycles. The monoisotopic (exact) mass is 226 g/mol. The van der Waals surface area contributed by atoms with Crippen LogP contribution in [0.2, 0.25) is 0 Å². The van der Waals surface area contributed by atoms with Gasteiger partial charge >= 0.3 is 5.97 Å². The van der Waals surface area contributed by atoms with Crippen molar-refractivity contribution in [1.82, 2.24) is 9.80 Å². The lowest BCUT2D eigenvalue weighted by molar-refractivity contribution is -0.149. The van der Waals surface area contributed by atoms with Crippen molar-refractivity contribution < 1.29 is 9.90 Å². The molecule has 0 aromatic rings. The molecule has 1 aliphatic carbocycles. The minimum absolute atomic E-state index is 0.109. The lowest BCUT2D eigenvalue weighted by atomic mass is 9.78. The minimum Gasteiger partial charge on any atom is -0.481 e. The van der Waals surface area contributed by atoms with Crippen LogP contribution in [0.1, 0.15) is 25.7 Å². The summed E-state index contributed by atoms with van der Waals surface area (Å²) in [6, 6.07) is 0.882. The number of likely N-dealkylation sites (tertiary alicyclic amines) is 1. The quantitative estimate of drug-likeness (QED) is 0.772. The lowest BCUT2D eigenvalue weighted by Gasteiger charge is -2.43. The van der Waals surface area contributed by atoms with E-state index in [9.17, 15) is 4.79 Å². The number of hydrogen-bond donors (Lipinski definition) is 1. The fourth-order valence-electron chi connectivity index (χ4n) is 3.08. The van der Waals surface area contributed by atoms with Gasteiger partial charge in [-0.1, -0.05) is 0 Å². The Hall–Kier alpha value is -0.610. The molecule has 0 radical (unpaired) electrons. The summed E-state index contributed by atoms with van der Waals surface area (Å²) < 4.78 is 0. The Morgan fingerprint density at radius 3 is 2.62 bits per heavy atom. The van der Waals surface area contributed by atoms with Gasteiger partial charge in [0.15, 0.2) is 0 Å². The van der Waals surface area contributed by atoms with Crippen LogP contribution >= 0.6 is 0 Å². The minimum atomic E-state index is -0.605. The van der Waals surface area contributed by atoms with Crippen molar-refractivity contribution in [3.05, 3.63) is 0 Å². The zero-order valence-electron chi connectivity index (χ0n) is 10.2. The van der Waals surface area contributed by atoms with E-state index in [1.165, 1.54) is 12.8 Å². The molecule has 3 unspecified atom stereocenters. The third kappa shape index (κ3) is 2.23. The molecular weight excluding hydrogens is 204 g/mol. The summed E-state index contributed by atoms with van der Waals surface area (Å²) >= 11 is 0. The Balaban J connectivity index is 1.95. The zero-order valence-corrected chi connectivity index (χ0v) is 10.2. The molecule has 2 aliphatic rings. The normalized spacial score (nSPS) is 35.3. The molecule has 3 atom stereocenters. The van der Waals surface area contributed by atoms with Gasteiger partial charge in [-0.3, -0.25) is 9.69 Å². The Morgan fingerprint density at radius 1 is 1.38 bits per heavy atom. The molecule has 0 amide bonds. The van der Waals surface area contributed by atoms with Gasteiger partial charge < -0.3 is 10.0 Å². The third-order valence-electron chi connectivity index (χ3n) is 3.98. The molecule has 4 heteroatoms. The van der Waals surface area contributed by atoms with Crippen molar-refractivity contribution in [3.63, 3.8) is 0 Å². The van der Waals surface area contributed by atoms with Crippen LogP contribution in [0.5, 0.6) is 0 Å². The van der Waals surface area contributed by atoms with Crippen molar-refractivity contribution in [2.75, 3.05) is 27.2 Å². The number of carboxylic acid groups (broad SMARTS) is 1. The Kier molecular flexibility index (Phi) is 3.50. The smallest absolute Gasteiger partial charge is 0.308 e. The highest BCUT2D eigenvalue weighted by Crippen LogP contribution is 2.36. The van der Waals surface area contributed by atoms with Crippen LogP contribution in [0, 0.1) is 5.92 Å². The van der Waals surface area contributed by atoms with Gasteiger partial charge in [0, 0.05) is 18.6 Å². The predicted molar refractivity (Wildman–Crippen MR) is 62.4 cm³/mol. The molecule has 16 heavy (non-hydrogen) atoms. The Bertz CT molecular complexity index is 268. The molecular formula is C12H22N2O2. The molecule has 0 aromatic heterocycles. The highest BCUT2D eigenvalue weighted by Gasteiger charge is 2.43. The zero-order chi connectivity index (χ0) is 11.7. The van der Waals surface area contributed by atoms with E-state index in [2.05, 4.69) is 23.9 Å². The summed E-state index contributed by atoms with van der Waals surface area (Å²) in [5, 5.41) is 9.10. The van der Waals surface area contributed by atoms with E-state index in [0.29, 0.717) is 12.1 Å². The summed E-state index contributed by atoms with van der Waals surface area (Å²) in [6.45, 7) is 2.15. The van der Waals surface area contributed by atoms with E-state index in [4.69, 9.17) is 5.11 Å².